The van der Waals surface area contributed by atoms with Gasteiger partial charge in [-0.05, 0) is 79.1 Å². The molecule has 4 bridgehead atoms. The number of oxazole rings is 1. The number of ether oxygens (including phenoxy) is 1. The van der Waals surface area contributed by atoms with Gasteiger partial charge in [-0.3, -0.25) is 14.6 Å². The number of fused-ring (bicyclic) bond motifs is 4. The highest BCUT2D eigenvalue weighted by Crippen LogP contribution is 2.24. The molecule has 2 aromatic heterocycles. The zero-order chi connectivity index (χ0) is 33.2. The van der Waals surface area contributed by atoms with Gasteiger partial charge in [-0.15, -0.1) is 0 Å². The van der Waals surface area contributed by atoms with E-state index in [1.165, 1.54) is 24.6 Å². The minimum Gasteiger partial charge on any atom is -0.493 e. The molecule has 11 heteroatoms. The molecule has 0 fully saturated rings. The Morgan fingerprint density at radius 3 is 2.64 bits per heavy atom. The van der Waals surface area contributed by atoms with Crippen LogP contribution in [0.5, 0.6) is 5.75 Å². The Morgan fingerprint density at radius 2 is 1.85 bits per heavy atom. The van der Waals surface area contributed by atoms with Crippen LogP contribution in [-0.4, -0.2) is 70.2 Å². The molecule has 0 spiro atoms. The van der Waals surface area contributed by atoms with Gasteiger partial charge < -0.3 is 29.8 Å². The molecule has 2 atom stereocenters. The van der Waals surface area contributed by atoms with Gasteiger partial charge in [0.25, 0.3) is 11.8 Å². The highest BCUT2D eigenvalue weighted by Gasteiger charge is 2.25. The Hall–Kier alpha value is -4.61. The van der Waals surface area contributed by atoms with Gasteiger partial charge in [0, 0.05) is 61.3 Å². The van der Waals surface area contributed by atoms with Crippen LogP contribution >= 0.6 is 0 Å². The van der Waals surface area contributed by atoms with Crippen molar-refractivity contribution in [3.05, 3.63) is 101 Å². The van der Waals surface area contributed by atoms with E-state index < -0.39 is 23.9 Å². The van der Waals surface area contributed by atoms with Crippen LogP contribution in [0.15, 0.2) is 71.7 Å². The van der Waals surface area contributed by atoms with Gasteiger partial charge in [0.2, 0.25) is 5.89 Å². The van der Waals surface area contributed by atoms with E-state index in [-0.39, 0.29) is 30.3 Å². The monoisotopic (exact) mass is 643 g/mol. The highest BCUT2D eigenvalue weighted by atomic mass is 19.1. The molecule has 0 radical (unpaired) electrons. The molecule has 1 aliphatic rings. The van der Waals surface area contributed by atoms with Crippen LogP contribution in [0.2, 0.25) is 0 Å². The first-order valence-electron chi connectivity index (χ1n) is 16.2. The quantitative estimate of drug-likeness (QED) is 0.234. The van der Waals surface area contributed by atoms with Gasteiger partial charge in [0.15, 0.2) is 0 Å². The fraction of sp³-hybridized carbons (Fsp3) is 0.389. The van der Waals surface area contributed by atoms with Gasteiger partial charge in [-0.2, -0.15) is 0 Å². The number of benzene rings is 2. The van der Waals surface area contributed by atoms with E-state index in [9.17, 15) is 19.1 Å². The third-order valence-electron chi connectivity index (χ3n) is 8.10. The lowest BCUT2D eigenvalue weighted by molar-refractivity contribution is 0.0750. The second-order valence-corrected chi connectivity index (χ2v) is 11.8. The summed E-state index contributed by atoms with van der Waals surface area (Å²) < 4.78 is 26.2. The van der Waals surface area contributed by atoms with Gasteiger partial charge >= 0.3 is 0 Å². The fourth-order valence-electron chi connectivity index (χ4n) is 5.68. The van der Waals surface area contributed by atoms with Crippen molar-refractivity contribution in [1.29, 1.82) is 0 Å². The number of aryl methyl sites for hydroxylation is 1. The number of nitrogens with zero attached hydrogens (tertiary/aromatic N) is 3. The largest absolute Gasteiger partial charge is 0.493 e. The lowest BCUT2D eigenvalue weighted by atomic mass is 9.99. The van der Waals surface area contributed by atoms with Crippen LogP contribution in [0.4, 0.5) is 4.39 Å². The number of carbonyl (C=O) groups is 2. The number of aromatic nitrogens is 2. The van der Waals surface area contributed by atoms with Crippen molar-refractivity contribution in [3.8, 4) is 17.2 Å². The molecular weight excluding hydrogens is 601 g/mol. The number of aliphatic hydroxyl groups excluding tert-OH is 1. The topological polar surface area (TPSA) is 130 Å². The molecule has 248 valence electrons. The van der Waals surface area contributed by atoms with Crippen LogP contribution in [-0.2, 0) is 19.4 Å². The summed E-state index contributed by atoms with van der Waals surface area (Å²) in [7, 11) is 0. The standard InChI is InChI=1S/C36H42FN5O5/c1-3-8-42-9-5-6-10-46-31-14-25(13-30(37)19-31)15-32(33(43)23-39-22-26-12-24(4-2)20-38-21-26)41-34(44)27-16-28(35-40-7-11-47-35)18-29(17-27)36(42)45/h7,11-14,16-21,32-33,39,43H,3-6,8-10,15,22-23H2,1-2H3,(H,41,44). The molecule has 2 aromatic carbocycles. The van der Waals surface area contributed by atoms with Crippen molar-refractivity contribution >= 4 is 11.8 Å². The molecule has 47 heavy (non-hydrogen) atoms. The number of hydrogen-bond donors (Lipinski definition) is 3. The summed E-state index contributed by atoms with van der Waals surface area (Å²) >= 11 is 0. The van der Waals surface area contributed by atoms with E-state index in [4.69, 9.17) is 9.15 Å². The maximum Gasteiger partial charge on any atom is 0.253 e. The normalized spacial score (nSPS) is 16.7. The molecule has 3 heterocycles. The highest BCUT2D eigenvalue weighted by molar-refractivity contribution is 6.01. The van der Waals surface area contributed by atoms with E-state index in [0.29, 0.717) is 61.5 Å². The van der Waals surface area contributed by atoms with Crippen molar-refractivity contribution in [2.45, 2.75) is 64.6 Å². The van der Waals surface area contributed by atoms with Gasteiger partial charge in [0.05, 0.1) is 24.9 Å². The summed E-state index contributed by atoms with van der Waals surface area (Å²) in [6.45, 7) is 6.06. The van der Waals surface area contributed by atoms with Crippen LogP contribution in [0.3, 0.4) is 0 Å². The molecule has 0 saturated carbocycles. The molecule has 10 nitrogen and oxygen atoms in total. The van der Waals surface area contributed by atoms with Gasteiger partial charge in [-0.25, -0.2) is 9.37 Å². The van der Waals surface area contributed by atoms with Crippen LogP contribution < -0.4 is 15.4 Å². The van der Waals surface area contributed by atoms with E-state index in [1.54, 1.807) is 35.4 Å². The Bertz CT molecular complexity index is 1650. The van der Waals surface area contributed by atoms with Gasteiger partial charge in [-0.1, -0.05) is 19.9 Å². The van der Waals surface area contributed by atoms with Crippen molar-refractivity contribution < 1.29 is 28.2 Å². The first-order chi connectivity index (χ1) is 22.8. The second kappa shape index (κ2) is 16.3. The number of halogens is 1. The minimum absolute atomic E-state index is 0.130. The zero-order valence-corrected chi connectivity index (χ0v) is 26.9. The smallest absolute Gasteiger partial charge is 0.253 e. The fourth-order valence-corrected chi connectivity index (χ4v) is 5.68. The third kappa shape index (κ3) is 9.24. The number of aliphatic hydroxyl groups is 1. The second-order valence-electron chi connectivity index (χ2n) is 11.8. The van der Waals surface area contributed by atoms with E-state index in [2.05, 4.69) is 33.6 Å². The summed E-state index contributed by atoms with van der Waals surface area (Å²) in [5, 5.41) is 17.6. The lowest BCUT2D eigenvalue weighted by Crippen LogP contribution is -2.48. The number of carbonyl (C=O) groups excluding carboxylic acids is 2. The summed E-state index contributed by atoms with van der Waals surface area (Å²) in [5.74, 6) is -0.548. The Labute approximate surface area is 274 Å². The van der Waals surface area contributed by atoms with E-state index in [0.717, 1.165) is 24.0 Å². The number of pyridine rings is 1. The van der Waals surface area contributed by atoms with E-state index >= 15 is 0 Å². The predicted octanol–water partition coefficient (Wildman–Crippen LogP) is 4.95. The third-order valence-corrected chi connectivity index (χ3v) is 8.10. The summed E-state index contributed by atoms with van der Waals surface area (Å²) in [4.78, 5) is 38.0. The van der Waals surface area contributed by atoms with Crippen LogP contribution in [0, 0.1) is 5.82 Å². The van der Waals surface area contributed by atoms with Gasteiger partial charge in [0.1, 0.15) is 17.8 Å². The Kier molecular flexibility index (Phi) is 11.7. The SMILES string of the molecule is CCCN1CCCCOc2cc(F)cc(c2)CC(C(O)CNCc2cncc(CC)c2)NC(=O)c2cc(cc(-c3ncco3)c2)C1=O. The van der Waals surface area contributed by atoms with Crippen molar-refractivity contribution in [3.63, 3.8) is 0 Å². The molecule has 5 rings (SSSR count). The predicted molar refractivity (Wildman–Crippen MR) is 176 cm³/mol. The van der Waals surface area contributed by atoms with E-state index in [1.807, 2.05) is 13.1 Å². The first kappa shape index (κ1) is 33.7. The average Bonchev–Trinajstić information content (AvgIpc) is 3.62. The molecule has 4 aromatic rings. The molecular formula is C36H42FN5O5. The molecule has 0 aliphatic carbocycles. The maximum atomic E-state index is 14.7. The number of amides is 2. The molecule has 1 aliphatic heterocycles. The number of nitrogens with one attached hydrogen (secondary N) is 2. The number of hydrogen-bond acceptors (Lipinski definition) is 8. The van der Waals surface area contributed by atoms with Crippen molar-refractivity contribution in [2.24, 2.45) is 0 Å². The van der Waals surface area contributed by atoms with Crippen molar-refractivity contribution in [1.82, 2.24) is 25.5 Å². The zero-order valence-electron chi connectivity index (χ0n) is 26.9. The first-order valence-corrected chi connectivity index (χ1v) is 16.2. The maximum absolute atomic E-state index is 14.7. The van der Waals surface area contributed by atoms with Crippen molar-refractivity contribution in [2.75, 3.05) is 26.2 Å². The minimum atomic E-state index is -1.05. The summed E-state index contributed by atoms with van der Waals surface area (Å²) in [6, 6.07) is 10.5. The summed E-state index contributed by atoms with van der Waals surface area (Å²) in [5.41, 5.74) is 3.66. The number of rotatable bonds is 9. The molecule has 3 N–H and O–H groups in total. The van der Waals surface area contributed by atoms with Crippen LogP contribution in [0.1, 0.15) is 70.5 Å². The lowest BCUT2D eigenvalue weighted by Gasteiger charge is -2.25. The van der Waals surface area contributed by atoms with Crippen LogP contribution in [0.25, 0.3) is 11.5 Å². The summed E-state index contributed by atoms with van der Waals surface area (Å²) in [6.07, 6.45) is 8.55. The molecule has 2 unspecified atom stereocenters. The Balaban J connectivity index is 1.47. The Morgan fingerprint density at radius 1 is 1.04 bits per heavy atom. The molecule has 0 saturated heterocycles. The molecule has 2 amide bonds. The average molecular weight is 644 g/mol.